The maximum Gasteiger partial charge on any atom is 0.323 e. The topological polar surface area (TPSA) is 86.7 Å². The summed E-state index contributed by atoms with van der Waals surface area (Å²) in [5.41, 5.74) is 1.06. The van der Waals surface area contributed by atoms with Crippen molar-refractivity contribution >= 4 is 23.5 Å². The summed E-state index contributed by atoms with van der Waals surface area (Å²) in [5, 5.41) is 11.7. The summed E-state index contributed by atoms with van der Waals surface area (Å²) in [6.07, 6.45) is 2.56. The maximum absolute atomic E-state index is 12.3. The molecule has 6 nitrogen and oxygen atoms in total. The Bertz CT molecular complexity index is 564. The molecule has 1 saturated carbocycles. The second kappa shape index (κ2) is 7.06. The number of anilines is 1. The third-order valence-corrected chi connectivity index (χ3v) is 3.45. The average molecular weight is 304 g/mol. The molecule has 1 fully saturated rings. The number of aliphatic carboxylic acids is 1. The van der Waals surface area contributed by atoms with Crippen molar-refractivity contribution in [3.63, 3.8) is 0 Å². The highest BCUT2D eigenvalue weighted by Crippen LogP contribution is 2.30. The van der Waals surface area contributed by atoms with Crippen molar-refractivity contribution in [2.75, 3.05) is 18.4 Å². The summed E-state index contributed by atoms with van der Waals surface area (Å²) >= 11 is 0. The van der Waals surface area contributed by atoms with Crippen LogP contribution < -0.4 is 5.32 Å². The van der Waals surface area contributed by atoms with Crippen LogP contribution in [-0.4, -0.2) is 40.9 Å². The van der Waals surface area contributed by atoms with Gasteiger partial charge in [0.15, 0.2) is 0 Å². The molecule has 0 unspecified atom stereocenters. The molecule has 2 amide bonds. The third kappa shape index (κ3) is 4.31. The lowest BCUT2D eigenvalue weighted by molar-refractivity contribution is -0.137. The van der Waals surface area contributed by atoms with E-state index in [0.29, 0.717) is 24.2 Å². The first-order chi connectivity index (χ1) is 10.5. The number of nitrogens with zero attached hydrogens (tertiary/aromatic N) is 1. The van der Waals surface area contributed by atoms with Crippen molar-refractivity contribution in [1.29, 1.82) is 0 Å². The van der Waals surface area contributed by atoms with Gasteiger partial charge in [0, 0.05) is 23.7 Å². The van der Waals surface area contributed by atoms with Crippen molar-refractivity contribution in [2.45, 2.75) is 26.2 Å². The van der Waals surface area contributed by atoms with E-state index in [4.69, 9.17) is 5.11 Å². The van der Waals surface area contributed by atoms with E-state index in [-0.39, 0.29) is 24.3 Å². The zero-order chi connectivity index (χ0) is 16.1. The summed E-state index contributed by atoms with van der Waals surface area (Å²) < 4.78 is 0. The molecule has 0 atom stereocenters. The standard InChI is InChI=1S/C16H20N2O4/c1-2-9-18(10-14(19)20)16(22)12-5-7-13(8-6-12)17-15(21)11-3-4-11/h5-8,11H,2-4,9-10H2,1H3,(H,17,21)(H,19,20). The highest BCUT2D eigenvalue weighted by molar-refractivity contribution is 5.97. The lowest BCUT2D eigenvalue weighted by Crippen LogP contribution is -2.36. The molecule has 0 heterocycles. The summed E-state index contributed by atoms with van der Waals surface area (Å²) in [6, 6.07) is 6.54. The highest BCUT2D eigenvalue weighted by atomic mass is 16.4. The number of carbonyl (C=O) groups is 3. The first-order valence-corrected chi connectivity index (χ1v) is 7.43. The van der Waals surface area contributed by atoms with Gasteiger partial charge in [0.05, 0.1) is 0 Å². The van der Waals surface area contributed by atoms with E-state index in [0.717, 1.165) is 12.8 Å². The summed E-state index contributed by atoms with van der Waals surface area (Å²) in [7, 11) is 0. The van der Waals surface area contributed by atoms with Crippen LogP contribution in [0.1, 0.15) is 36.5 Å². The fraction of sp³-hybridized carbons (Fsp3) is 0.438. The number of nitrogens with one attached hydrogen (secondary N) is 1. The minimum absolute atomic E-state index is 0.0116. The summed E-state index contributed by atoms with van der Waals surface area (Å²) in [6.45, 7) is 1.97. The quantitative estimate of drug-likeness (QED) is 0.806. The van der Waals surface area contributed by atoms with Crippen LogP contribution in [0.15, 0.2) is 24.3 Å². The molecular formula is C16H20N2O4. The lowest BCUT2D eigenvalue weighted by Gasteiger charge is -2.20. The third-order valence-electron chi connectivity index (χ3n) is 3.45. The molecule has 0 radical (unpaired) electrons. The second-order valence-electron chi connectivity index (χ2n) is 5.46. The zero-order valence-corrected chi connectivity index (χ0v) is 12.5. The van der Waals surface area contributed by atoms with Crippen LogP contribution in [0.25, 0.3) is 0 Å². The predicted molar refractivity (Wildman–Crippen MR) is 81.6 cm³/mol. The van der Waals surface area contributed by atoms with Gasteiger partial charge in [-0.1, -0.05) is 6.92 Å². The molecule has 0 aliphatic heterocycles. The van der Waals surface area contributed by atoms with Crippen LogP contribution in [0, 0.1) is 5.92 Å². The Labute approximate surface area is 129 Å². The maximum atomic E-state index is 12.3. The van der Waals surface area contributed by atoms with E-state index in [2.05, 4.69) is 5.32 Å². The number of hydrogen-bond donors (Lipinski definition) is 2. The van der Waals surface area contributed by atoms with Crippen molar-refractivity contribution < 1.29 is 19.5 Å². The first-order valence-electron chi connectivity index (χ1n) is 7.43. The lowest BCUT2D eigenvalue weighted by atomic mass is 10.1. The van der Waals surface area contributed by atoms with Crippen LogP contribution >= 0.6 is 0 Å². The van der Waals surface area contributed by atoms with Crippen molar-refractivity contribution in [3.05, 3.63) is 29.8 Å². The monoisotopic (exact) mass is 304 g/mol. The molecule has 1 aromatic carbocycles. The zero-order valence-electron chi connectivity index (χ0n) is 12.5. The number of rotatable bonds is 7. The molecule has 2 rings (SSSR count). The number of carboxylic acids is 1. The molecule has 0 saturated heterocycles. The van der Waals surface area contributed by atoms with Gasteiger partial charge in [0.2, 0.25) is 5.91 Å². The molecule has 118 valence electrons. The van der Waals surface area contributed by atoms with Gasteiger partial charge >= 0.3 is 5.97 Å². The average Bonchev–Trinajstić information content (AvgIpc) is 3.31. The van der Waals surface area contributed by atoms with Crippen molar-refractivity contribution in [1.82, 2.24) is 4.90 Å². The first kappa shape index (κ1) is 16.0. The molecule has 6 heteroatoms. The predicted octanol–water partition coefficient (Wildman–Crippen LogP) is 1.97. The smallest absolute Gasteiger partial charge is 0.323 e. The Kier molecular flexibility index (Phi) is 5.14. The van der Waals surface area contributed by atoms with Crippen molar-refractivity contribution in [2.24, 2.45) is 5.92 Å². The molecular weight excluding hydrogens is 284 g/mol. The Morgan fingerprint density at radius 3 is 2.36 bits per heavy atom. The Balaban J connectivity index is 2.02. The van der Waals surface area contributed by atoms with Gasteiger partial charge in [-0.05, 0) is 43.5 Å². The normalized spacial score (nSPS) is 13.5. The van der Waals surface area contributed by atoms with E-state index in [1.807, 2.05) is 6.92 Å². The van der Waals surface area contributed by atoms with Gasteiger partial charge < -0.3 is 15.3 Å². The van der Waals surface area contributed by atoms with Gasteiger partial charge in [-0.25, -0.2) is 0 Å². The molecule has 1 aromatic rings. The number of hydrogen-bond acceptors (Lipinski definition) is 3. The summed E-state index contributed by atoms with van der Waals surface area (Å²) in [5.74, 6) is -1.21. The Hall–Kier alpha value is -2.37. The largest absolute Gasteiger partial charge is 0.480 e. The van der Waals surface area contributed by atoms with Crippen LogP contribution in [0.2, 0.25) is 0 Å². The molecule has 0 aromatic heterocycles. The second-order valence-corrected chi connectivity index (χ2v) is 5.46. The van der Waals surface area contributed by atoms with E-state index < -0.39 is 5.97 Å². The number of carboxylic acid groups (broad SMARTS) is 1. The molecule has 1 aliphatic rings. The van der Waals surface area contributed by atoms with Gasteiger partial charge in [0.25, 0.3) is 5.91 Å². The molecule has 0 bridgehead atoms. The number of benzene rings is 1. The van der Waals surface area contributed by atoms with Gasteiger partial charge in [-0.2, -0.15) is 0 Å². The van der Waals surface area contributed by atoms with Crippen LogP contribution in [0.5, 0.6) is 0 Å². The minimum Gasteiger partial charge on any atom is -0.480 e. The molecule has 2 N–H and O–H groups in total. The molecule has 1 aliphatic carbocycles. The fourth-order valence-electron chi connectivity index (χ4n) is 2.15. The SMILES string of the molecule is CCCN(CC(=O)O)C(=O)c1ccc(NC(=O)C2CC2)cc1. The fourth-order valence-corrected chi connectivity index (χ4v) is 2.15. The van der Waals surface area contributed by atoms with E-state index in [1.54, 1.807) is 24.3 Å². The Morgan fingerprint density at radius 2 is 1.86 bits per heavy atom. The van der Waals surface area contributed by atoms with Crippen LogP contribution in [0.4, 0.5) is 5.69 Å². The number of carbonyl (C=O) groups excluding carboxylic acids is 2. The van der Waals surface area contributed by atoms with E-state index in [9.17, 15) is 14.4 Å². The van der Waals surface area contributed by atoms with Gasteiger partial charge in [0.1, 0.15) is 6.54 Å². The summed E-state index contributed by atoms with van der Waals surface area (Å²) in [4.78, 5) is 36.1. The van der Waals surface area contributed by atoms with Crippen LogP contribution in [-0.2, 0) is 9.59 Å². The number of amides is 2. The van der Waals surface area contributed by atoms with Crippen LogP contribution in [0.3, 0.4) is 0 Å². The van der Waals surface area contributed by atoms with E-state index >= 15 is 0 Å². The molecule has 22 heavy (non-hydrogen) atoms. The molecule has 0 spiro atoms. The van der Waals surface area contributed by atoms with Crippen molar-refractivity contribution in [3.8, 4) is 0 Å². The van der Waals surface area contributed by atoms with Gasteiger partial charge in [-0.3, -0.25) is 14.4 Å². The Morgan fingerprint density at radius 1 is 1.23 bits per heavy atom. The minimum atomic E-state index is -1.03. The highest BCUT2D eigenvalue weighted by Gasteiger charge is 2.29. The van der Waals surface area contributed by atoms with Gasteiger partial charge in [-0.15, -0.1) is 0 Å². The van der Waals surface area contributed by atoms with E-state index in [1.165, 1.54) is 4.90 Å².